The van der Waals surface area contributed by atoms with Crippen LogP contribution < -0.4 is 5.32 Å². The Morgan fingerprint density at radius 3 is 2.67 bits per heavy atom. The van der Waals surface area contributed by atoms with Crippen LogP contribution in [0.2, 0.25) is 4.34 Å². The molecule has 0 spiro atoms. The summed E-state index contributed by atoms with van der Waals surface area (Å²) in [6.07, 6.45) is 0. The van der Waals surface area contributed by atoms with Gasteiger partial charge in [0.25, 0.3) is 5.91 Å². The van der Waals surface area contributed by atoms with Gasteiger partial charge in [-0.05, 0) is 31.5 Å². The van der Waals surface area contributed by atoms with Crippen molar-refractivity contribution < 1.29 is 4.79 Å². The third-order valence-electron chi connectivity index (χ3n) is 2.52. The number of amides is 1. The molecule has 18 heavy (non-hydrogen) atoms. The Morgan fingerprint density at radius 2 is 2.11 bits per heavy atom. The first-order valence-corrected chi connectivity index (χ1v) is 7.10. The molecule has 2 rings (SSSR count). The van der Waals surface area contributed by atoms with Gasteiger partial charge in [0, 0.05) is 4.88 Å². The fourth-order valence-corrected chi connectivity index (χ4v) is 3.39. The van der Waals surface area contributed by atoms with Crippen molar-refractivity contribution in [2.24, 2.45) is 0 Å². The number of thiophene rings is 2. The maximum absolute atomic E-state index is 12.0. The molecule has 6 heteroatoms. The van der Waals surface area contributed by atoms with E-state index in [1.807, 2.05) is 13.8 Å². The van der Waals surface area contributed by atoms with Crippen LogP contribution in [0.1, 0.15) is 25.7 Å². The van der Waals surface area contributed by atoms with Crippen molar-refractivity contribution in [3.63, 3.8) is 0 Å². The minimum absolute atomic E-state index is 0.232. The highest BCUT2D eigenvalue weighted by Gasteiger charge is 2.16. The minimum Gasteiger partial charge on any atom is -0.312 e. The van der Waals surface area contributed by atoms with E-state index in [0.29, 0.717) is 19.8 Å². The van der Waals surface area contributed by atoms with E-state index in [1.54, 1.807) is 12.1 Å². The summed E-state index contributed by atoms with van der Waals surface area (Å²) in [4.78, 5) is 13.5. The number of carbonyl (C=O) groups is 1. The van der Waals surface area contributed by atoms with Crippen molar-refractivity contribution >= 4 is 45.2 Å². The van der Waals surface area contributed by atoms with Crippen molar-refractivity contribution in [3.05, 3.63) is 37.4 Å². The third-order valence-corrected chi connectivity index (χ3v) is 4.87. The maximum atomic E-state index is 12.0. The molecule has 0 atom stereocenters. The van der Waals surface area contributed by atoms with E-state index < -0.39 is 0 Å². The summed E-state index contributed by atoms with van der Waals surface area (Å²) in [5, 5.41) is 12.4. The quantitative estimate of drug-likeness (QED) is 0.903. The van der Waals surface area contributed by atoms with Gasteiger partial charge >= 0.3 is 0 Å². The molecule has 2 aromatic heterocycles. The maximum Gasteiger partial charge on any atom is 0.266 e. The SMILES string of the molecule is Cc1sc(NC(=O)c2ccc(Cl)s2)c(C#N)c1C. The van der Waals surface area contributed by atoms with Crippen LogP contribution in [0.15, 0.2) is 12.1 Å². The molecule has 0 bridgehead atoms. The monoisotopic (exact) mass is 296 g/mol. The zero-order valence-corrected chi connectivity index (χ0v) is 12.1. The fourth-order valence-electron chi connectivity index (χ4n) is 1.45. The van der Waals surface area contributed by atoms with Gasteiger partial charge in [-0.2, -0.15) is 5.26 Å². The van der Waals surface area contributed by atoms with Gasteiger partial charge in [-0.1, -0.05) is 11.6 Å². The van der Waals surface area contributed by atoms with Crippen molar-refractivity contribution in [1.29, 1.82) is 5.26 Å². The van der Waals surface area contributed by atoms with Gasteiger partial charge in [0.2, 0.25) is 0 Å². The molecule has 0 aliphatic carbocycles. The predicted molar refractivity (Wildman–Crippen MR) is 75.8 cm³/mol. The van der Waals surface area contributed by atoms with Crippen LogP contribution in [0.5, 0.6) is 0 Å². The van der Waals surface area contributed by atoms with E-state index in [9.17, 15) is 4.79 Å². The molecule has 0 aliphatic heterocycles. The molecule has 0 unspecified atom stereocenters. The lowest BCUT2D eigenvalue weighted by molar-refractivity contribution is 0.103. The average molecular weight is 297 g/mol. The summed E-state index contributed by atoms with van der Waals surface area (Å²) in [5.41, 5.74) is 1.45. The highest BCUT2D eigenvalue weighted by Crippen LogP contribution is 2.32. The molecule has 2 heterocycles. The van der Waals surface area contributed by atoms with Crippen LogP contribution in [0.3, 0.4) is 0 Å². The van der Waals surface area contributed by atoms with E-state index >= 15 is 0 Å². The van der Waals surface area contributed by atoms with Gasteiger partial charge in [-0.25, -0.2) is 0 Å². The normalized spacial score (nSPS) is 10.1. The Kier molecular flexibility index (Phi) is 3.71. The predicted octanol–water partition coefficient (Wildman–Crippen LogP) is 4.20. The van der Waals surface area contributed by atoms with Crippen LogP contribution in [0, 0.1) is 25.2 Å². The molecule has 0 aliphatic rings. The van der Waals surface area contributed by atoms with Crippen LogP contribution in [-0.4, -0.2) is 5.91 Å². The first-order chi connectivity index (χ1) is 8.52. The van der Waals surface area contributed by atoms with E-state index in [0.717, 1.165) is 10.4 Å². The number of hydrogen-bond acceptors (Lipinski definition) is 4. The van der Waals surface area contributed by atoms with E-state index in [1.165, 1.54) is 22.7 Å². The molecule has 0 saturated carbocycles. The second kappa shape index (κ2) is 5.11. The molecule has 92 valence electrons. The number of rotatable bonds is 2. The molecular formula is C12H9ClN2OS2. The zero-order chi connectivity index (χ0) is 13.3. The van der Waals surface area contributed by atoms with Crippen LogP contribution in [0.25, 0.3) is 0 Å². The first kappa shape index (κ1) is 13.1. The summed E-state index contributed by atoms with van der Waals surface area (Å²) < 4.78 is 0.569. The fraction of sp³-hybridized carbons (Fsp3) is 0.167. The van der Waals surface area contributed by atoms with Gasteiger partial charge in [0.15, 0.2) is 0 Å². The Morgan fingerprint density at radius 1 is 1.39 bits per heavy atom. The largest absolute Gasteiger partial charge is 0.312 e. The number of anilines is 1. The lowest BCUT2D eigenvalue weighted by Crippen LogP contribution is -2.09. The summed E-state index contributed by atoms with van der Waals surface area (Å²) in [6, 6.07) is 5.47. The van der Waals surface area contributed by atoms with Gasteiger partial charge in [0.1, 0.15) is 11.1 Å². The minimum atomic E-state index is -0.232. The number of nitriles is 1. The van der Waals surface area contributed by atoms with Crippen LogP contribution >= 0.6 is 34.3 Å². The molecule has 0 radical (unpaired) electrons. The summed E-state index contributed by atoms with van der Waals surface area (Å²) in [6.45, 7) is 3.81. The number of carbonyl (C=O) groups excluding carboxylic acids is 1. The highest BCUT2D eigenvalue weighted by molar-refractivity contribution is 7.18. The second-order valence-electron chi connectivity index (χ2n) is 3.66. The molecule has 0 fully saturated rings. The molecular weight excluding hydrogens is 288 g/mol. The molecule has 1 N–H and O–H groups in total. The van der Waals surface area contributed by atoms with Crippen molar-refractivity contribution in [2.45, 2.75) is 13.8 Å². The lowest BCUT2D eigenvalue weighted by atomic mass is 10.2. The first-order valence-electron chi connectivity index (χ1n) is 5.09. The van der Waals surface area contributed by atoms with Crippen molar-refractivity contribution in [1.82, 2.24) is 0 Å². The Labute approximate surface area is 118 Å². The van der Waals surface area contributed by atoms with Gasteiger partial charge in [-0.3, -0.25) is 4.79 Å². The standard InChI is InChI=1S/C12H9ClN2OS2/c1-6-7(2)17-12(8(6)5-14)15-11(16)9-3-4-10(13)18-9/h3-4H,1-2H3,(H,15,16). The number of nitrogens with zero attached hydrogens (tertiary/aromatic N) is 1. The molecule has 3 nitrogen and oxygen atoms in total. The van der Waals surface area contributed by atoms with Gasteiger partial charge < -0.3 is 5.32 Å². The zero-order valence-electron chi connectivity index (χ0n) is 9.70. The van der Waals surface area contributed by atoms with Crippen molar-refractivity contribution in [3.8, 4) is 6.07 Å². The molecule has 0 aromatic carbocycles. The topological polar surface area (TPSA) is 52.9 Å². The second-order valence-corrected chi connectivity index (χ2v) is 6.60. The van der Waals surface area contributed by atoms with E-state index in [2.05, 4.69) is 11.4 Å². The third kappa shape index (κ3) is 2.41. The number of halogens is 1. The molecule has 2 aromatic rings. The Balaban J connectivity index is 2.28. The van der Waals surface area contributed by atoms with E-state index in [-0.39, 0.29) is 5.91 Å². The number of aryl methyl sites for hydroxylation is 1. The molecule has 1 amide bonds. The van der Waals surface area contributed by atoms with Gasteiger partial charge in [-0.15, -0.1) is 22.7 Å². The smallest absolute Gasteiger partial charge is 0.266 e. The number of nitrogens with one attached hydrogen (secondary N) is 1. The van der Waals surface area contributed by atoms with Crippen LogP contribution in [-0.2, 0) is 0 Å². The Hall–Kier alpha value is -1.35. The van der Waals surface area contributed by atoms with E-state index in [4.69, 9.17) is 16.9 Å². The number of hydrogen-bond donors (Lipinski definition) is 1. The lowest BCUT2D eigenvalue weighted by Gasteiger charge is -2.00. The van der Waals surface area contributed by atoms with Gasteiger partial charge in [0.05, 0.1) is 14.8 Å². The highest BCUT2D eigenvalue weighted by atomic mass is 35.5. The Bertz CT molecular complexity index is 652. The summed E-state index contributed by atoms with van der Waals surface area (Å²) >= 11 is 8.41. The summed E-state index contributed by atoms with van der Waals surface area (Å²) in [7, 11) is 0. The average Bonchev–Trinajstić information content (AvgIpc) is 2.85. The molecule has 0 saturated heterocycles. The van der Waals surface area contributed by atoms with Crippen molar-refractivity contribution in [2.75, 3.05) is 5.32 Å². The van der Waals surface area contributed by atoms with Crippen LogP contribution in [0.4, 0.5) is 5.00 Å². The summed E-state index contributed by atoms with van der Waals surface area (Å²) in [5.74, 6) is -0.232.